The van der Waals surface area contributed by atoms with Crippen molar-refractivity contribution in [3.63, 3.8) is 0 Å². The van der Waals surface area contributed by atoms with Gasteiger partial charge in [-0.2, -0.15) is 0 Å². The van der Waals surface area contributed by atoms with Crippen LogP contribution in [0, 0.1) is 28.6 Å². The number of allylic oxidation sites excluding steroid dienone is 3. The van der Waals surface area contributed by atoms with E-state index in [2.05, 4.69) is 13.8 Å². The average Bonchev–Trinajstić information content (AvgIpc) is 2.78. The van der Waals surface area contributed by atoms with Crippen LogP contribution in [0.1, 0.15) is 65.2 Å². The van der Waals surface area contributed by atoms with E-state index in [9.17, 15) is 9.90 Å². The summed E-state index contributed by atoms with van der Waals surface area (Å²) < 4.78 is 0. The third kappa shape index (κ3) is 1.70. The Morgan fingerprint density at radius 2 is 1.95 bits per heavy atom. The van der Waals surface area contributed by atoms with Crippen molar-refractivity contribution in [3.05, 3.63) is 23.5 Å². The second-order valence-corrected chi connectivity index (χ2v) is 8.62. The molecule has 0 unspecified atom stereocenters. The third-order valence-electron chi connectivity index (χ3n) is 7.81. The highest BCUT2D eigenvalue weighted by Gasteiger charge is 2.57. The fourth-order valence-corrected chi connectivity index (χ4v) is 6.49. The Hall–Kier alpha value is -1.05. The Labute approximate surface area is 133 Å². The highest BCUT2D eigenvalue weighted by molar-refractivity contribution is 6.07. The zero-order valence-corrected chi connectivity index (χ0v) is 13.9. The number of ketones is 1. The topological polar surface area (TPSA) is 37.3 Å². The Morgan fingerprint density at radius 1 is 1.14 bits per heavy atom. The van der Waals surface area contributed by atoms with E-state index in [1.807, 2.05) is 6.08 Å². The first-order valence-corrected chi connectivity index (χ1v) is 9.12. The Kier molecular flexibility index (Phi) is 3.12. The van der Waals surface area contributed by atoms with E-state index in [0.29, 0.717) is 16.9 Å². The first-order valence-electron chi connectivity index (χ1n) is 9.12. The summed E-state index contributed by atoms with van der Waals surface area (Å²) in [4.78, 5) is 12.6. The summed E-state index contributed by atoms with van der Waals surface area (Å²) >= 11 is 0. The molecule has 4 aliphatic carbocycles. The lowest BCUT2D eigenvalue weighted by Crippen LogP contribution is -2.50. The molecule has 22 heavy (non-hydrogen) atoms. The van der Waals surface area contributed by atoms with E-state index in [0.717, 1.165) is 24.5 Å². The summed E-state index contributed by atoms with van der Waals surface area (Å²) in [5, 5.41) is 9.40. The Morgan fingerprint density at radius 3 is 2.73 bits per heavy atom. The van der Waals surface area contributed by atoms with Crippen LogP contribution in [0.2, 0.25) is 0 Å². The minimum Gasteiger partial charge on any atom is -0.515 e. The summed E-state index contributed by atoms with van der Waals surface area (Å²) in [6.07, 6.45) is 13.4. The van der Waals surface area contributed by atoms with Gasteiger partial charge in [0.1, 0.15) is 0 Å². The van der Waals surface area contributed by atoms with E-state index in [1.165, 1.54) is 50.5 Å². The van der Waals surface area contributed by atoms with E-state index < -0.39 is 0 Å². The number of hydrogen-bond acceptors (Lipinski definition) is 2. The minimum atomic E-state index is -0.326. The SMILES string of the molecule is C[C@]12CC[C@H]3[C@@H](CC[C@H]4CCCC[C@@]43C)C1=CC(=CO)C2=O. The quantitative estimate of drug-likeness (QED) is 0.507. The molecular weight excluding hydrogens is 272 g/mol. The van der Waals surface area contributed by atoms with Gasteiger partial charge in [-0.05, 0) is 74.7 Å². The van der Waals surface area contributed by atoms with Gasteiger partial charge in [0.25, 0.3) is 0 Å². The van der Waals surface area contributed by atoms with E-state index in [4.69, 9.17) is 0 Å². The van der Waals surface area contributed by atoms with Crippen molar-refractivity contribution in [2.45, 2.75) is 65.2 Å². The number of rotatable bonds is 0. The normalized spacial score (nSPS) is 49.4. The van der Waals surface area contributed by atoms with Crippen LogP contribution in [0.25, 0.3) is 0 Å². The molecule has 0 aromatic rings. The van der Waals surface area contributed by atoms with Crippen LogP contribution >= 0.6 is 0 Å². The van der Waals surface area contributed by atoms with E-state index in [-0.39, 0.29) is 11.2 Å². The van der Waals surface area contributed by atoms with Crippen LogP contribution < -0.4 is 0 Å². The van der Waals surface area contributed by atoms with E-state index >= 15 is 0 Å². The van der Waals surface area contributed by atoms with Gasteiger partial charge in [0, 0.05) is 0 Å². The highest BCUT2D eigenvalue weighted by Crippen LogP contribution is 2.64. The van der Waals surface area contributed by atoms with Crippen molar-refractivity contribution in [3.8, 4) is 0 Å². The lowest BCUT2D eigenvalue weighted by molar-refractivity contribution is -0.125. The number of hydrogen-bond donors (Lipinski definition) is 1. The molecule has 4 rings (SSSR count). The number of fused-ring (bicyclic) bond motifs is 5. The molecule has 0 aliphatic heterocycles. The molecule has 0 amide bonds. The molecule has 1 N–H and O–H groups in total. The molecule has 0 aromatic heterocycles. The molecular formula is C20H28O2. The predicted molar refractivity (Wildman–Crippen MR) is 87.4 cm³/mol. The number of carbonyl (C=O) groups is 1. The van der Waals surface area contributed by atoms with Gasteiger partial charge in [-0.25, -0.2) is 0 Å². The van der Waals surface area contributed by atoms with Gasteiger partial charge in [-0.1, -0.05) is 25.3 Å². The molecule has 0 saturated heterocycles. The van der Waals surface area contributed by atoms with Gasteiger partial charge in [0.2, 0.25) is 0 Å². The van der Waals surface area contributed by atoms with Gasteiger partial charge >= 0.3 is 0 Å². The predicted octanol–water partition coefficient (Wildman–Crippen LogP) is 4.96. The second-order valence-electron chi connectivity index (χ2n) is 8.62. The first kappa shape index (κ1) is 14.5. The average molecular weight is 300 g/mol. The molecule has 0 spiro atoms. The fraction of sp³-hybridized carbons (Fsp3) is 0.750. The number of aliphatic hydroxyl groups excluding tert-OH is 1. The van der Waals surface area contributed by atoms with Crippen molar-refractivity contribution in [1.29, 1.82) is 0 Å². The van der Waals surface area contributed by atoms with Gasteiger partial charge in [0.05, 0.1) is 17.3 Å². The summed E-state index contributed by atoms with van der Waals surface area (Å²) in [6, 6.07) is 0. The van der Waals surface area contributed by atoms with E-state index in [1.54, 1.807) is 0 Å². The Balaban J connectivity index is 1.73. The van der Waals surface area contributed by atoms with Crippen molar-refractivity contribution in [1.82, 2.24) is 0 Å². The molecule has 2 heteroatoms. The first-order chi connectivity index (χ1) is 10.5. The monoisotopic (exact) mass is 300 g/mol. The van der Waals surface area contributed by atoms with Gasteiger partial charge in [0.15, 0.2) is 5.78 Å². The Bertz CT molecular complexity index is 572. The zero-order valence-electron chi connectivity index (χ0n) is 13.9. The highest BCUT2D eigenvalue weighted by atomic mass is 16.2. The van der Waals surface area contributed by atoms with Crippen molar-refractivity contribution in [2.75, 3.05) is 0 Å². The van der Waals surface area contributed by atoms with Crippen LogP contribution in [0.5, 0.6) is 0 Å². The van der Waals surface area contributed by atoms with Gasteiger partial charge < -0.3 is 5.11 Å². The summed E-state index contributed by atoms with van der Waals surface area (Å²) in [7, 11) is 0. The molecule has 120 valence electrons. The molecule has 3 saturated carbocycles. The fourth-order valence-electron chi connectivity index (χ4n) is 6.49. The molecule has 5 atom stereocenters. The molecule has 4 aliphatic rings. The summed E-state index contributed by atoms with van der Waals surface area (Å²) in [5.41, 5.74) is 2.04. The minimum absolute atomic E-state index is 0.152. The van der Waals surface area contributed by atoms with Crippen LogP contribution in [-0.4, -0.2) is 10.9 Å². The van der Waals surface area contributed by atoms with Crippen molar-refractivity contribution in [2.24, 2.45) is 28.6 Å². The molecule has 2 nitrogen and oxygen atoms in total. The lowest BCUT2D eigenvalue weighted by Gasteiger charge is -2.58. The smallest absolute Gasteiger partial charge is 0.175 e. The summed E-state index contributed by atoms with van der Waals surface area (Å²) in [5.74, 6) is 2.37. The molecule has 0 radical (unpaired) electrons. The second kappa shape index (κ2) is 4.72. The van der Waals surface area contributed by atoms with Crippen molar-refractivity contribution >= 4 is 5.78 Å². The van der Waals surface area contributed by atoms with Gasteiger partial charge in [-0.15, -0.1) is 0 Å². The molecule has 0 heterocycles. The third-order valence-corrected chi connectivity index (χ3v) is 7.81. The zero-order chi connectivity index (χ0) is 15.5. The maximum Gasteiger partial charge on any atom is 0.175 e. The molecule has 0 aromatic carbocycles. The van der Waals surface area contributed by atoms with Gasteiger partial charge in [-0.3, -0.25) is 4.79 Å². The maximum atomic E-state index is 12.6. The standard InChI is InChI=1S/C20H28O2/c1-19-9-4-3-5-14(19)6-7-15-16(19)8-10-20(2)17(15)11-13(12-21)18(20)22/h11-12,14-16,21H,3-10H2,1-2H3/t14-,15-,16+,19+,20+/m1/s1. The lowest BCUT2D eigenvalue weighted by atomic mass is 9.46. The van der Waals surface area contributed by atoms with Crippen LogP contribution in [0.4, 0.5) is 0 Å². The van der Waals surface area contributed by atoms with Crippen LogP contribution in [-0.2, 0) is 4.79 Å². The molecule has 3 fully saturated rings. The summed E-state index contributed by atoms with van der Waals surface area (Å²) in [6.45, 7) is 4.65. The molecule has 0 bridgehead atoms. The number of aliphatic hydroxyl groups is 1. The largest absolute Gasteiger partial charge is 0.515 e. The van der Waals surface area contributed by atoms with Crippen LogP contribution in [0.15, 0.2) is 23.5 Å². The number of carbonyl (C=O) groups excluding carboxylic acids is 1. The van der Waals surface area contributed by atoms with Crippen LogP contribution in [0.3, 0.4) is 0 Å². The maximum absolute atomic E-state index is 12.6. The number of Topliss-reactive ketones (excluding diaryl/α,β-unsaturated/α-hetero) is 1. The van der Waals surface area contributed by atoms with Crippen molar-refractivity contribution < 1.29 is 9.90 Å².